The zero-order valence-corrected chi connectivity index (χ0v) is 15.5. The van der Waals surface area contributed by atoms with Crippen molar-refractivity contribution in [2.24, 2.45) is 0 Å². The third kappa shape index (κ3) is 4.22. The minimum absolute atomic E-state index is 0.280. The Morgan fingerprint density at radius 2 is 1.89 bits per heavy atom. The summed E-state index contributed by atoms with van der Waals surface area (Å²) < 4.78 is 19.4. The van der Waals surface area contributed by atoms with Crippen molar-refractivity contribution < 1.29 is 18.7 Å². The molecule has 8 heteroatoms. The molecule has 1 aromatic carbocycles. The van der Waals surface area contributed by atoms with E-state index in [0.717, 1.165) is 5.56 Å². The number of hydrogen-bond donors (Lipinski definition) is 1. The molecule has 0 radical (unpaired) electrons. The average Bonchev–Trinajstić information content (AvgIpc) is 3.09. The maximum Gasteiger partial charge on any atom is 0.341 e. The van der Waals surface area contributed by atoms with Crippen molar-refractivity contribution in [3.8, 4) is 5.82 Å². The van der Waals surface area contributed by atoms with Gasteiger partial charge in [-0.05, 0) is 43.7 Å². The van der Waals surface area contributed by atoms with Gasteiger partial charge in [0, 0.05) is 12.7 Å². The average molecular weight is 382 g/mol. The zero-order valence-electron chi connectivity index (χ0n) is 15.5. The highest BCUT2D eigenvalue weighted by Crippen LogP contribution is 2.14. The van der Waals surface area contributed by atoms with E-state index in [-0.39, 0.29) is 24.9 Å². The molecule has 1 N–H and O–H groups in total. The van der Waals surface area contributed by atoms with E-state index in [1.807, 2.05) is 0 Å². The monoisotopic (exact) mass is 382 g/mol. The number of amides is 1. The second kappa shape index (κ2) is 8.43. The van der Waals surface area contributed by atoms with E-state index >= 15 is 0 Å². The largest absolute Gasteiger partial charge is 0.462 e. The smallest absolute Gasteiger partial charge is 0.341 e. The van der Waals surface area contributed by atoms with Crippen molar-refractivity contribution in [2.45, 2.75) is 20.4 Å². The molecule has 0 bridgehead atoms. The fraction of sp³-hybridized carbons (Fsp3) is 0.200. The van der Waals surface area contributed by atoms with E-state index in [0.29, 0.717) is 22.6 Å². The Labute approximate surface area is 161 Å². The SMILES string of the molecule is CCOC(=O)c1cnn(-c2ccc(C(=O)NCc3ccc(F)cc3)cn2)c1C. The maximum absolute atomic E-state index is 12.9. The summed E-state index contributed by atoms with van der Waals surface area (Å²) in [6.45, 7) is 4.04. The number of ether oxygens (including phenoxy) is 1. The molecule has 0 saturated heterocycles. The van der Waals surface area contributed by atoms with Gasteiger partial charge in [0.1, 0.15) is 11.4 Å². The molecule has 0 fully saturated rings. The summed E-state index contributed by atoms with van der Waals surface area (Å²) in [5.74, 6) is -0.589. The molecule has 28 heavy (non-hydrogen) atoms. The Bertz CT molecular complexity index is 982. The standard InChI is InChI=1S/C20H19FN4O3/c1-3-28-20(27)17-12-24-25(13(17)2)18-9-6-15(11-22-18)19(26)23-10-14-4-7-16(21)8-5-14/h4-9,11-12H,3,10H2,1-2H3,(H,23,26). The molecule has 0 aliphatic heterocycles. The van der Waals surface area contributed by atoms with Crippen molar-refractivity contribution >= 4 is 11.9 Å². The van der Waals surface area contributed by atoms with Crippen LogP contribution in [0.25, 0.3) is 5.82 Å². The summed E-state index contributed by atoms with van der Waals surface area (Å²) in [5, 5.41) is 6.92. The number of hydrogen-bond acceptors (Lipinski definition) is 5. The molecular formula is C20H19FN4O3. The quantitative estimate of drug-likeness (QED) is 0.663. The zero-order chi connectivity index (χ0) is 20.1. The minimum Gasteiger partial charge on any atom is -0.462 e. The molecule has 1 amide bonds. The van der Waals surface area contributed by atoms with Crippen LogP contribution in [0.5, 0.6) is 0 Å². The number of rotatable bonds is 6. The predicted molar refractivity (Wildman–Crippen MR) is 99.6 cm³/mol. The molecule has 0 aliphatic rings. The van der Waals surface area contributed by atoms with Crippen LogP contribution in [0.1, 0.15) is 38.9 Å². The highest BCUT2D eigenvalue weighted by Gasteiger charge is 2.17. The molecule has 7 nitrogen and oxygen atoms in total. The lowest BCUT2D eigenvalue weighted by Gasteiger charge is -2.07. The number of esters is 1. The van der Waals surface area contributed by atoms with Crippen molar-refractivity contribution in [3.63, 3.8) is 0 Å². The third-order valence-electron chi connectivity index (χ3n) is 4.10. The van der Waals surface area contributed by atoms with E-state index < -0.39 is 5.97 Å². The predicted octanol–water partition coefficient (Wildman–Crippen LogP) is 2.82. The van der Waals surface area contributed by atoms with Crippen LogP contribution < -0.4 is 5.32 Å². The van der Waals surface area contributed by atoms with Crippen LogP contribution >= 0.6 is 0 Å². The van der Waals surface area contributed by atoms with Crippen LogP contribution in [0.4, 0.5) is 4.39 Å². The summed E-state index contributed by atoms with van der Waals surface area (Å²) in [6.07, 6.45) is 2.86. The van der Waals surface area contributed by atoms with Gasteiger partial charge in [0.15, 0.2) is 5.82 Å². The van der Waals surface area contributed by atoms with Crippen LogP contribution in [0.2, 0.25) is 0 Å². The number of benzene rings is 1. The minimum atomic E-state index is -0.442. The number of nitrogens with one attached hydrogen (secondary N) is 1. The fourth-order valence-corrected chi connectivity index (χ4v) is 2.58. The summed E-state index contributed by atoms with van der Waals surface area (Å²) >= 11 is 0. The van der Waals surface area contributed by atoms with E-state index in [9.17, 15) is 14.0 Å². The van der Waals surface area contributed by atoms with Crippen LogP contribution in [-0.2, 0) is 11.3 Å². The van der Waals surface area contributed by atoms with Crippen LogP contribution in [0, 0.1) is 12.7 Å². The Morgan fingerprint density at radius 1 is 1.14 bits per heavy atom. The van der Waals surface area contributed by atoms with Crippen molar-refractivity contribution in [2.75, 3.05) is 6.61 Å². The first-order chi connectivity index (χ1) is 13.5. The molecule has 0 atom stereocenters. The number of aromatic nitrogens is 3. The first-order valence-electron chi connectivity index (χ1n) is 8.70. The van der Waals surface area contributed by atoms with E-state index in [1.165, 1.54) is 29.2 Å². The van der Waals surface area contributed by atoms with Crippen LogP contribution in [0.15, 0.2) is 48.8 Å². The van der Waals surface area contributed by atoms with E-state index in [4.69, 9.17) is 4.74 Å². The molecule has 0 unspecified atom stereocenters. The first-order valence-corrected chi connectivity index (χ1v) is 8.70. The van der Waals surface area contributed by atoms with Crippen LogP contribution in [0.3, 0.4) is 0 Å². The molecule has 3 rings (SSSR count). The van der Waals surface area contributed by atoms with Crippen molar-refractivity contribution in [3.05, 3.63) is 77.0 Å². The van der Waals surface area contributed by atoms with Gasteiger partial charge in [-0.1, -0.05) is 12.1 Å². The first kappa shape index (κ1) is 19.2. The second-order valence-corrected chi connectivity index (χ2v) is 5.99. The number of carbonyl (C=O) groups excluding carboxylic acids is 2. The lowest BCUT2D eigenvalue weighted by molar-refractivity contribution is 0.0525. The summed E-state index contributed by atoms with van der Waals surface area (Å²) in [7, 11) is 0. The van der Waals surface area contributed by atoms with Gasteiger partial charge in [0.2, 0.25) is 0 Å². The number of pyridine rings is 1. The molecule has 144 valence electrons. The van der Waals surface area contributed by atoms with E-state index in [2.05, 4.69) is 15.4 Å². The van der Waals surface area contributed by atoms with Gasteiger partial charge in [-0.25, -0.2) is 18.9 Å². The molecule has 0 spiro atoms. The van der Waals surface area contributed by atoms with Gasteiger partial charge in [-0.3, -0.25) is 4.79 Å². The number of nitrogens with zero attached hydrogens (tertiary/aromatic N) is 3. The number of halogens is 1. The van der Waals surface area contributed by atoms with Gasteiger partial charge in [0.25, 0.3) is 5.91 Å². The molecule has 3 aromatic rings. The van der Waals surface area contributed by atoms with Crippen molar-refractivity contribution in [1.29, 1.82) is 0 Å². The molecule has 0 aliphatic carbocycles. The Morgan fingerprint density at radius 3 is 2.54 bits per heavy atom. The van der Waals surface area contributed by atoms with Crippen LogP contribution in [-0.4, -0.2) is 33.2 Å². The van der Waals surface area contributed by atoms with Gasteiger partial charge in [0.05, 0.1) is 24.1 Å². The van der Waals surface area contributed by atoms with Gasteiger partial charge < -0.3 is 10.1 Å². The van der Waals surface area contributed by atoms with Crippen molar-refractivity contribution in [1.82, 2.24) is 20.1 Å². The highest BCUT2D eigenvalue weighted by atomic mass is 19.1. The Kier molecular flexibility index (Phi) is 5.78. The fourth-order valence-electron chi connectivity index (χ4n) is 2.58. The maximum atomic E-state index is 12.9. The summed E-state index contributed by atoms with van der Waals surface area (Å²) in [4.78, 5) is 28.4. The van der Waals surface area contributed by atoms with Gasteiger partial charge in [-0.15, -0.1) is 0 Å². The second-order valence-electron chi connectivity index (χ2n) is 5.99. The Hall–Kier alpha value is -3.55. The topological polar surface area (TPSA) is 86.1 Å². The summed E-state index contributed by atoms with van der Waals surface area (Å²) in [6, 6.07) is 9.16. The summed E-state index contributed by atoms with van der Waals surface area (Å²) in [5.41, 5.74) is 2.13. The van der Waals surface area contributed by atoms with E-state index in [1.54, 1.807) is 38.1 Å². The van der Waals surface area contributed by atoms with Gasteiger partial charge >= 0.3 is 5.97 Å². The Balaban J connectivity index is 1.68. The number of carbonyl (C=O) groups is 2. The normalized spacial score (nSPS) is 10.5. The lowest BCUT2D eigenvalue weighted by atomic mass is 10.2. The lowest BCUT2D eigenvalue weighted by Crippen LogP contribution is -2.23. The molecule has 2 heterocycles. The molecule has 0 saturated carbocycles. The highest BCUT2D eigenvalue weighted by molar-refractivity contribution is 5.94. The third-order valence-corrected chi connectivity index (χ3v) is 4.10. The van der Waals surface area contributed by atoms with Gasteiger partial charge in [-0.2, -0.15) is 5.10 Å². The molecular weight excluding hydrogens is 363 g/mol. The molecule has 2 aromatic heterocycles.